The highest BCUT2D eigenvalue weighted by atomic mass is 32.1. The van der Waals surface area contributed by atoms with E-state index in [4.69, 9.17) is 4.98 Å². The molecule has 1 unspecified atom stereocenters. The Kier molecular flexibility index (Phi) is 3.84. The average Bonchev–Trinajstić information content (AvgIpc) is 3.21. The van der Waals surface area contributed by atoms with Crippen LogP contribution in [0.3, 0.4) is 0 Å². The Morgan fingerprint density at radius 3 is 3.00 bits per heavy atom. The number of amides is 1. The molecule has 124 valence electrons. The van der Waals surface area contributed by atoms with E-state index < -0.39 is 0 Å². The van der Waals surface area contributed by atoms with Crippen LogP contribution in [0.5, 0.6) is 0 Å². The van der Waals surface area contributed by atoms with E-state index in [2.05, 4.69) is 29.0 Å². The van der Waals surface area contributed by atoms with Gasteiger partial charge in [0, 0.05) is 19.0 Å². The number of carbonyl (C=O) groups is 1. The molecule has 1 saturated heterocycles. The Morgan fingerprint density at radius 2 is 2.25 bits per heavy atom. The van der Waals surface area contributed by atoms with Gasteiger partial charge in [0.15, 0.2) is 0 Å². The van der Waals surface area contributed by atoms with Gasteiger partial charge >= 0.3 is 0 Å². The van der Waals surface area contributed by atoms with Crippen LogP contribution in [-0.4, -0.2) is 38.8 Å². The molecule has 4 rings (SSSR count). The molecule has 1 amide bonds. The third-order valence-electron chi connectivity index (χ3n) is 4.66. The molecule has 1 atom stereocenters. The van der Waals surface area contributed by atoms with E-state index in [0.29, 0.717) is 6.54 Å². The fourth-order valence-corrected chi connectivity index (χ4v) is 4.13. The number of nitrogens with zero attached hydrogens (tertiary/aromatic N) is 3. The number of carbonyl (C=O) groups excluding carboxylic acids is 1. The Bertz CT molecular complexity index is 897. The van der Waals surface area contributed by atoms with Crippen LogP contribution in [0.4, 0.5) is 0 Å². The standard InChI is InChI=1S/C18H20N4OS/c1-11-5-3-7-14-16(11)21-17(20-14)13-6-4-8-22(10-13)18(23)15-9-19-12(2)24-15/h3,5,7,9,13H,4,6,8,10H2,1-2H3,(H,20,21). The maximum Gasteiger partial charge on any atom is 0.265 e. The molecule has 3 heterocycles. The molecule has 0 bridgehead atoms. The van der Waals surface area contributed by atoms with E-state index in [-0.39, 0.29) is 11.8 Å². The number of benzene rings is 1. The largest absolute Gasteiger partial charge is 0.342 e. The number of likely N-dealkylation sites (tertiary alicyclic amines) is 1. The molecule has 3 aromatic rings. The van der Waals surface area contributed by atoms with Gasteiger partial charge < -0.3 is 9.88 Å². The first-order valence-corrected chi connectivity index (χ1v) is 9.10. The van der Waals surface area contributed by atoms with Gasteiger partial charge in [-0.1, -0.05) is 12.1 Å². The molecule has 1 aliphatic heterocycles. The van der Waals surface area contributed by atoms with Crippen LogP contribution < -0.4 is 0 Å². The number of aromatic nitrogens is 3. The van der Waals surface area contributed by atoms with E-state index in [9.17, 15) is 4.79 Å². The highest BCUT2D eigenvalue weighted by molar-refractivity contribution is 7.13. The Balaban J connectivity index is 1.57. The van der Waals surface area contributed by atoms with Crippen molar-refractivity contribution in [3.05, 3.63) is 45.7 Å². The minimum atomic E-state index is 0.0950. The first-order valence-electron chi connectivity index (χ1n) is 8.29. The number of imidazole rings is 1. The van der Waals surface area contributed by atoms with Crippen molar-refractivity contribution in [2.75, 3.05) is 13.1 Å². The molecule has 2 aromatic heterocycles. The summed E-state index contributed by atoms with van der Waals surface area (Å²) in [5.41, 5.74) is 3.29. The normalized spacial score (nSPS) is 18.2. The number of thiazole rings is 1. The summed E-state index contributed by atoms with van der Waals surface area (Å²) in [7, 11) is 0. The average molecular weight is 340 g/mol. The molecule has 1 N–H and O–H groups in total. The van der Waals surface area contributed by atoms with Crippen molar-refractivity contribution >= 4 is 28.3 Å². The van der Waals surface area contributed by atoms with E-state index in [1.165, 1.54) is 16.9 Å². The zero-order valence-corrected chi connectivity index (χ0v) is 14.7. The number of hydrogen-bond donors (Lipinski definition) is 1. The fraction of sp³-hybridized carbons (Fsp3) is 0.389. The van der Waals surface area contributed by atoms with Crippen molar-refractivity contribution in [2.24, 2.45) is 0 Å². The van der Waals surface area contributed by atoms with Gasteiger partial charge in [-0.3, -0.25) is 4.79 Å². The van der Waals surface area contributed by atoms with Gasteiger partial charge in [-0.25, -0.2) is 9.97 Å². The van der Waals surface area contributed by atoms with Crippen LogP contribution in [0.15, 0.2) is 24.4 Å². The molecule has 1 aromatic carbocycles. The van der Waals surface area contributed by atoms with Crippen LogP contribution in [0, 0.1) is 13.8 Å². The van der Waals surface area contributed by atoms with Crippen molar-refractivity contribution in [2.45, 2.75) is 32.6 Å². The van der Waals surface area contributed by atoms with Gasteiger partial charge in [0.25, 0.3) is 5.91 Å². The predicted molar refractivity (Wildman–Crippen MR) is 95.6 cm³/mol. The number of hydrogen-bond acceptors (Lipinski definition) is 4. The van der Waals surface area contributed by atoms with Gasteiger partial charge in [-0.05, 0) is 38.3 Å². The third kappa shape index (κ3) is 2.71. The molecule has 0 saturated carbocycles. The van der Waals surface area contributed by atoms with Gasteiger partial charge in [-0.2, -0.15) is 0 Å². The highest BCUT2D eigenvalue weighted by Crippen LogP contribution is 2.29. The molecule has 1 fully saturated rings. The van der Waals surface area contributed by atoms with Crippen LogP contribution >= 0.6 is 11.3 Å². The number of fused-ring (bicyclic) bond motifs is 1. The molecule has 0 aliphatic carbocycles. The Labute approximate surface area is 144 Å². The third-order valence-corrected chi connectivity index (χ3v) is 5.56. The zero-order valence-electron chi connectivity index (χ0n) is 13.9. The summed E-state index contributed by atoms with van der Waals surface area (Å²) in [4.78, 5) is 27.8. The second kappa shape index (κ2) is 6.02. The van der Waals surface area contributed by atoms with Gasteiger partial charge in [0.2, 0.25) is 0 Å². The van der Waals surface area contributed by atoms with Crippen LogP contribution in [0.2, 0.25) is 0 Å². The lowest BCUT2D eigenvalue weighted by Gasteiger charge is -2.31. The second-order valence-corrected chi connectivity index (χ2v) is 7.66. The highest BCUT2D eigenvalue weighted by Gasteiger charge is 2.28. The minimum absolute atomic E-state index is 0.0950. The van der Waals surface area contributed by atoms with E-state index in [1.54, 1.807) is 6.20 Å². The summed E-state index contributed by atoms with van der Waals surface area (Å²) < 4.78 is 0. The first-order chi connectivity index (χ1) is 11.6. The molecule has 6 heteroatoms. The number of aromatic amines is 1. The van der Waals surface area contributed by atoms with Gasteiger partial charge in [0.05, 0.1) is 22.2 Å². The maximum atomic E-state index is 12.7. The molecule has 0 radical (unpaired) electrons. The predicted octanol–water partition coefficient (Wildman–Crippen LogP) is 3.66. The van der Waals surface area contributed by atoms with E-state index in [0.717, 1.165) is 46.1 Å². The van der Waals surface area contributed by atoms with Crippen LogP contribution in [0.1, 0.15) is 44.8 Å². The molecular weight excluding hydrogens is 320 g/mol. The van der Waals surface area contributed by atoms with E-state index >= 15 is 0 Å². The summed E-state index contributed by atoms with van der Waals surface area (Å²) in [6.45, 7) is 5.53. The number of aryl methyl sites for hydroxylation is 2. The topological polar surface area (TPSA) is 61.9 Å². The summed E-state index contributed by atoms with van der Waals surface area (Å²) >= 11 is 1.47. The molecule has 5 nitrogen and oxygen atoms in total. The fourth-order valence-electron chi connectivity index (χ4n) is 3.39. The minimum Gasteiger partial charge on any atom is -0.342 e. The monoisotopic (exact) mass is 340 g/mol. The molecular formula is C18H20N4OS. The van der Waals surface area contributed by atoms with Crippen molar-refractivity contribution in [3.8, 4) is 0 Å². The number of nitrogens with one attached hydrogen (secondary N) is 1. The SMILES string of the molecule is Cc1ncc(C(=O)N2CCCC(c3nc4c(C)cccc4[nH]3)C2)s1. The number of H-pyrrole nitrogens is 1. The Hall–Kier alpha value is -2.21. The first kappa shape index (κ1) is 15.3. The summed E-state index contributed by atoms with van der Waals surface area (Å²) in [5, 5.41) is 0.930. The quantitative estimate of drug-likeness (QED) is 0.774. The Morgan fingerprint density at radius 1 is 1.38 bits per heavy atom. The van der Waals surface area contributed by atoms with Crippen molar-refractivity contribution in [1.82, 2.24) is 19.9 Å². The van der Waals surface area contributed by atoms with Crippen molar-refractivity contribution in [1.29, 1.82) is 0 Å². The molecule has 24 heavy (non-hydrogen) atoms. The zero-order chi connectivity index (χ0) is 16.7. The molecule has 1 aliphatic rings. The number of piperidine rings is 1. The summed E-state index contributed by atoms with van der Waals surface area (Å²) in [6.07, 6.45) is 3.76. The summed E-state index contributed by atoms with van der Waals surface area (Å²) in [5.74, 6) is 1.36. The van der Waals surface area contributed by atoms with E-state index in [1.807, 2.05) is 17.9 Å². The van der Waals surface area contributed by atoms with Gasteiger partial charge in [0.1, 0.15) is 10.7 Å². The molecule has 0 spiro atoms. The van der Waals surface area contributed by atoms with Crippen molar-refractivity contribution < 1.29 is 4.79 Å². The maximum absolute atomic E-state index is 12.7. The van der Waals surface area contributed by atoms with Crippen molar-refractivity contribution in [3.63, 3.8) is 0 Å². The van der Waals surface area contributed by atoms with Crippen LogP contribution in [-0.2, 0) is 0 Å². The lowest BCUT2D eigenvalue weighted by Crippen LogP contribution is -2.39. The lowest BCUT2D eigenvalue weighted by atomic mass is 9.97. The smallest absolute Gasteiger partial charge is 0.265 e. The lowest BCUT2D eigenvalue weighted by molar-refractivity contribution is 0.0709. The number of para-hydroxylation sites is 1. The van der Waals surface area contributed by atoms with Gasteiger partial charge in [-0.15, -0.1) is 11.3 Å². The second-order valence-electron chi connectivity index (χ2n) is 6.43. The van der Waals surface area contributed by atoms with Crippen LogP contribution in [0.25, 0.3) is 11.0 Å². The number of rotatable bonds is 2. The summed E-state index contributed by atoms with van der Waals surface area (Å²) in [6, 6.07) is 6.18.